The van der Waals surface area contributed by atoms with E-state index < -0.39 is 5.54 Å². The lowest BCUT2D eigenvalue weighted by atomic mass is 9.68. The minimum Gasteiger partial charge on any atom is -0.323 e. The summed E-state index contributed by atoms with van der Waals surface area (Å²) in [7, 11) is 4.19. The van der Waals surface area contributed by atoms with E-state index in [1.54, 1.807) is 6.20 Å². The summed E-state index contributed by atoms with van der Waals surface area (Å²) in [5.41, 5.74) is 1.27. The third kappa shape index (κ3) is 3.42. The number of benzene rings is 1. The Morgan fingerprint density at radius 2 is 1.69 bits per heavy atom. The van der Waals surface area contributed by atoms with Crippen molar-refractivity contribution in [3.63, 3.8) is 0 Å². The molecule has 3 amide bonds. The van der Waals surface area contributed by atoms with Crippen LogP contribution < -0.4 is 5.32 Å². The highest BCUT2D eigenvalue weighted by atomic mass is 16.2. The zero-order valence-electron chi connectivity index (χ0n) is 17.1. The Balaban J connectivity index is 1.49. The molecule has 2 aliphatic rings. The van der Waals surface area contributed by atoms with E-state index in [2.05, 4.69) is 53.6 Å². The molecule has 0 unspecified atom stereocenters. The molecule has 1 spiro atoms. The summed E-state index contributed by atoms with van der Waals surface area (Å²) in [6.45, 7) is 0.362. The van der Waals surface area contributed by atoms with Gasteiger partial charge in [0.1, 0.15) is 5.54 Å². The number of hydrogen-bond donors (Lipinski definition) is 1. The zero-order chi connectivity index (χ0) is 20.5. The first-order valence-corrected chi connectivity index (χ1v) is 10.2. The van der Waals surface area contributed by atoms with E-state index in [0.29, 0.717) is 25.8 Å². The predicted molar refractivity (Wildman–Crippen MR) is 111 cm³/mol. The predicted octanol–water partition coefficient (Wildman–Crippen LogP) is 2.95. The van der Waals surface area contributed by atoms with Crippen LogP contribution >= 0.6 is 0 Å². The number of carbonyl (C=O) groups is 2. The number of carbonyl (C=O) groups excluding carboxylic acids is 2. The monoisotopic (exact) mass is 392 g/mol. The van der Waals surface area contributed by atoms with Crippen molar-refractivity contribution in [1.82, 2.24) is 20.1 Å². The highest BCUT2D eigenvalue weighted by Crippen LogP contribution is 2.46. The highest BCUT2D eigenvalue weighted by Gasteiger charge is 2.55. The third-order valence-electron chi connectivity index (χ3n) is 6.66. The molecule has 1 N–H and O–H groups in total. The van der Waals surface area contributed by atoms with Gasteiger partial charge in [0.2, 0.25) is 0 Å². The fraction of sp³-hybridized carbons (Fsp3) is 0.435. The van der Waals surface area contributed by atoms with Gasteiger partial charge in [-0.15, -0.1) is 0 Å². The lowest BCUT2D eigenvalue weighted by molar-refractivity contribution is -0.133. The van der Waals surface area contributed by atoms with Gasteiger partial charge in [-0.1, -0.05) is 36.4 Å². The van der Waals surface area contributed by atoms with E-state index in [1.807, 2.05) is 24.3 Å². The number of nitrogens with one attached hydrogen (secondary N) is 1. The molecule has 4 rings (SSSR count). The second-order valence-corrected chi connectivity index (χ2v) is 8.33. The molecular formula is C23H28N4O2. The smallest absolute Gasteiger partial charge is 0.323 e. The lowest BCUT2D eigenvalue weighted by Gasteiger charge is -2.48. The normalized spacial score (nSPS) is 26.9. The fourth-order valence-electron chi connectivity index (χ4n) is 4.82. The Labute approximate surface area is 171 Å². The Bertz CT molecular complexity index is 874. The van der Waals surface area contributed by atoms with E-state index in [4.69, 9.17) is 0 Å². The van der Waals surface area contributed by atoms with Crippen LogP contribution in [0.15, 0.2) is 54.7 Å². The Kier molecular flexibility index (Phi) is 5.13. The molecule has 2 aromatic rings. The molecule has 1 aliphatic heterocycles. The van der Waals surface area contributed by atoms with Crippen LogP contribution in [0.2, 0.25) is 0 Å². The molecule has 152 valence electrons. The first-order chi connectivity index (χ1) is 14.0. The van der Waals surface area contributed by atoms with Crippen molar-refractivity contribution in [2.24, 2.45) is 0 Å². The van der Waals surface area contributed by atoms with Crippen LogP contribution in [0.4, 0.5) is 4.79 Å². The molecule has 2 heterocycles. The molecule has 0 radical (unpaired) electrons. The first-order valence-electron chi connectivity index (χ1n) is 10.2. The van der Waals surface area contributed by atoms with Gasteiger partial charge in [0.25, 0.3) is 5.91 Å². The minimum absolute atomic E-state index is 0.0844. The first kappa shape index (κ1) is 19.6. The number of imide groups is 1. The second-order valence-electron chi connectivity index (χ2n) is 8.33. The maximum Gasteiger partial charge on any atom is 0.325 e. The largest absolute Gasteiger partial charge is 0.325 e. The molecule has 1 saturated heterocycles. The fourth-order valence-corrected chi connectivity index (χ4v) is 4.82. The molecule has 1 saturated carbocycles. The number of urea groups is 1. The third-order valence-corrected chi connectivity index (χ3v) is 6.66. The van der Waals surface area contributed by atoms with Crippen molar-refractivity contribution >= 4 is 11.9 Å². The van der Waals surface area contributed by atoms with Crippen LogP contribution in [-0.2, 0) is 16.8 Å². The molecule has 2 fully saturated rings. The van der Waals surface area contributed by atoms with Crippen LogP contribution in [0.1, 0.15) is 36.9 Å². The summed E-state index contributed by atoms with van der Waals surface area (Å²) in [4.78, 5) is 33.8. The molecule has 0 atom stereocenters. The molecule has 29 heavy (non-hydrogen) atoms. The van der Waals surface area contributed by atoms with E-state index in [-0.39, 0.29) is 17.5 Å². The van der Waals surface area contributed by atoms with Crippen molar-refractivity contribution in [2.45, 2.75) is 43.2 Å². The van der Waals surface area contributed by atoms with Gasteiger partial charge in [-0.3, -0.25) is 19.6 Å². The number of hydrogen-bond acceptors (Lipinski definition) is 4. The van der Waals surface area contributed by atoms with Crippen molar-refractivity contribution in [3.8, 4) is 0 Å². The van der Waals surface area contributed by atoms with Crippen molar-refractivity contribution in [3.05, 3.63) is 66.0 Å². The van der Waals surface area contributed by atoms with Gasteiger partial charge < -0.3 is 5.32 Å². The van der Waals surface area contributed by atoms with Crippen LogP contribution in [0.5, 0.6) is 0 Å². The number of aromatic nitrogens is 1. The lowest BCUT2D eigenvalue weighted by Crippen LogP contribution is -2.55. The summed E-state index contributed by atoms with van der Waals surface area (Å²) in [6.07, 6.45) is 5.24. The number of amides is 3. The van der Waals surface area contributed by atoms with Crippen molar-refractivity contribution in [2.75, 3.05) is 20.6 Å². The van der Waals surface area contributed by atoms with Crippen LogP contribution in [0.25, 0.3) is 0 Å². The molecule has 0 bridgehead atoms. The Morgan fingerprint density at radius 1 is 1.00 bits per heavy atom. The van der Waals surface area contributed by atoms with Crippen molar-refractivity contribution in [1.29, 1.82) is 0 Å². The summed E-state index contributed by atoms with van der Waals surface area (Å²) >= 11 is 0. The van der Waals surface area contributed by atoms with Crippen molar-refractivity contribution < 1.29 is 9.59 Å². The highest BCUT2D eigenvalue weighted by molar-refractivity contribution is 6.07. The summed E-state index contributed by atoms with van der Waals surface area (Å²) < 4.78 is 0. The van der Waals surface area contributed by atoms with E-state index in [9.17, 15) is 9.59 Å². The van der Waals surface area contributed by atoms with Gasteiger partial charge in [-0.05, 0) is 57.5 Å². The average Bonchev–Trinajstić information content (AvgIpc) is 2.97. The van der Waals surface area contributed by atoms with Crippen LogP contribution in [0.3, 0.4) is 0 Å². The number of rotatable bonds is 5. The minimum atomic E-state index is -0.768. The van der Waals surface area contributed by atoms with Gasteiger partial charge >= 0.3 is 6.03 Å². The van der Waals surface area contributed by atoms with E-state index >= 15 is 0 Å². The Morgan fingerprint density at radius 3 is 2.31 bits per heavy atom. The molecule has 6 heteroatoms. The standard InChI is InChI=1S/C23H28N4O2/c1-26(2)23(18-8-4-3-5-9-18)14-12-22(13-15-23)20(28)27(21(29)25-22)17-11-19-10-6-7-16-24-19/h3-10,16H,11-15,17H2,1-2H3,(H,25,29)/t22-,23+. The number of pyridine rings is 1. The summed E-state index contributed by atoms with van der Waals surface area (Å²) in [5, 5.41) is 3.03. The molecular weight excluding hydrogens is 364 g/mol. The van der Waals surface area contributed by atoms with Gasteiger partial charge in [0.05, 0.1) is 0 Å². The van der Waals surface area contributed by atoms with Gasteiger partial charge in [-0.25, -0.2) is 4.79 Å². The maximum atomic E-state index is 13.2. The van der Waals surface area contributed by atoms with Gasteiger partial charge in [-0.2, -0.15) is 0 Å². The summed E-state index contributed by atoms with van der Waals surface area (Å²) in [6, 6.07) is 15.9. The van der Waals surface area contributed by atoms with E-state index in [0.717, 1.165) is 18.5 Å². The van der Waals surface area contributed by atoms with Crippen LogP contribution in [-0.4, -0.2) is 52.9 Å². The molecule has 1 aromatic carbocycles. The quantitative estimate of drug-likeness (QED) is 0.795. The maximum absolute atomic E-state index is 13.2. The van der Waals surface area contributed by atoms with Crippen LogP contribution in [0, 0.1) is 0 Å². The average molecular weight is 393 g/mol. The molecule has 1 aromatic heterocycles. The number of nitrogens with zero attached hydrogens (tertiary/aromatic N) is 3. The van der Waals surface area contributed by atoms with E-state index in [1.165, 1.54) is 10.5 Å². The SMILES string of the molecule is CN(C)[C@]1(c2ccccc2)CC[C@@]2(CC1)NC(=O)N(CCc1ccccn1)C2=O. The zero-order valence-corrected chi connectivity index (χ0v) is 17.1. The molecule has 1 aliphatic carbocycles. The topological polar surface area (TPSA) is 65.5 Å². The van der Waals surface area contributed by atoms with Gasteiger partial charge in [0.15, 0.2) is 0 Å². The Hall–Kier alpha value is -2.73. The summed E-state index contributed by atoms with van der Waals surface area (Å²) in [5.74, 6) is -0.0844. The van der Waals surface area contributed by atoms with Gasteiger partial charge in [0, 0.05) is 30.4 Å². The molecule has 6 nitrogen and oxygen atoms in total. The second kappa shape index (κ2) is 7.59.